The van der Waals surface area contributed by atoms with Gasteiger partial charge in [0.15, 0.2) is 0 Å². The zero-order valence-corrected chi connectivity index (χ0v) is 8.62. The molecule has 0 spiro atoms. The summed E-state index contributed by atoms with van der Waals surface area (Å²) < 4.78 is 0. The van der Waals surface area contributed by atoms with Gasteiger partial charge >= 0.3 is 0 Å². The lowest BCUT2D eigenvalue weighted by molar-refractivity contribution is -0.134. The Bertz CT molecular complexity index is 174. The normalized spacial score (nSPS) is 20.2. The van der Waals surface area contributed by atoms with Crippen LogP contribution >= 0.6 is 0 Å². The van der Waals surface area contributed by atoms with Crippen LogP contribution < -0.4 is 5.73 Å². The summed E-state index contributed by atoms with van der Waals surface area (Å²) in [5.41, 5.74) is 5.64. The van der Waals surface area contributed by atoms with Gasteiger partial charge in [0.2, 0.25) is 5.91 Å². The van der Waals surface area contributed by atoms with E-state index in [-0.39, 0.29) is 17.9 Å². The summed E-state index contributed by atoms with van der Waals surface area (Å²) in [6.45, 7) is 2.60. The second kappa shape index (κ2) is 4.61. The monoisotopic (exact) mass is 184 g/mol. The van der Waals surface area contributed by atoms with Gasteiger partial charge in [-0.3, -0.25) is 4.79 Å². The fourth-order valence-electron chi connectivity index (χ4n) is 2.01. The van der Waals surface area contributed by atoms with Crippen molar-refractivity contribution in [3.05, 3.63) is 0 Å². The highest BCUT2D eigenvalue weighted by molar-refractivity contribution is 5.78. The highest BCUT2D eigenvalue weighted by Crippen LogP contribution is 2.26. The van der Waals surface area contributed by atoms with E-state index in [0.29, 0.717) is 6.54 Å². The van der Waals surface area contributed by atoms with Crippen molar-refractivity contribution in [3.8, 4) is 0 Å². The lowest BCUT2D eigenvalue weighted by atomic mass is 10.1. The average molecular weight is 184 g/mol. The van der Waals surface area contributed by atoms with E-state index in [2.05, 4.69) is 0 Å². The molecule has 1 rings (SSSR count). The molecule has 1 atom stereocenters. The molecule has 1 unspecified atom stereocenters. The minimum absolute atomic E-state index is 0.0790. The molecular weight excluding hydrogens is 164 g/mol. The average Bonchev–Trinajstić information content (AvgIpc) is 2.53. The Morgan fingerprint density at radius 2 is 2.08 bits per heavy atom. The van der Waals surface area contributed by atoms with E-state index in [9.17, 15) is 4.79 Å². The lowest BCUT2D eigenvalue weighted by Gasteiger charge is -2.22. The molecule has 1 aliphatic carbocycles. The van der Waals surface area contributed by atoms with Gasteiger partial charge in [-0.05, 0) is 19.8 Å². The maximum atomic E-state index is 11.8. The van der Waals surface area contributed by atoms with Crippen molar-refractivity contribution in [2.75, 3.05) is 13.6 Å². The smallest absolute Gasteiger partial charge is 0.225 e. The van der Waals surface area contributed by atoms with Gasteiger partial charge in [0.1, 0.15) is 0 Å². The molecule has 1 amide bonds. The summed E-state index contributed by atoms with van der Waals surface area (Å²) in [4.78, 5) is 13.5. The Balaban J connectivity index is 2.36. The molecule has 1 saturated carbocycles. The van der Waals surface area contributed by atoms with Gasteiger partial charge < -0.3 is 10.6 Å². The van der Waals surface area contributed by atoms with Crippen molar-refractivity contribution in [1.82, 2.24) is 4.90 Å². The van der Waals surface area contributed by atoms with Gasteiger partial charge in [-0.15, -0.1) is 0 Å². The van der Waals surface area contributed by atoms with Gasteiger partial charge in [0.05, 0.1) is 0 Å². The zero-order chi connectivity index (χ0) is 9.84. The lowest BCUT2D eigenvalue weighted by Crippen LogP contribution is -2.39. The highest BCUT2D eigenvalue weighted by Gasteiger charge is 2.25. The predicted octanol–water partition coefficient (Wildman–Crippen LogP) is 0.982. The molecule has 76 valence electrons. The van der Waals surface area contributed by atoms with Crippen molar-refractivity contribution in [2.45, 2.75) is 38.6 Å². The number of nitrogens with two attached hydrogens (primary N) is 1. The van der Waals surface area contributed by atoms with E-state index in [0.717, 1.165) is 12.8 Å². The molecule has 0 bridgehead atoms. The van der Waals surface area contributed by atoms with Crippen LogP contribution in [0.2, 0.25) is 0 Å². The number of carbonyl (C=O) groups excluding carboxylic acids is 1. The zero-order valence-electron chi connectivity index (χ0n) is 8.62. The van der Waals surface area contributed by atoms with Crippen LogP contribution in [0.3, 0.4) is 0 Å². The molecule has 13 heavy (non-hydrogen) atoms. The third kappa shape index (κ3) is 2.99. The summed E-state index contributed by atoms with van der Waals surface area (Å²) in [5.74, 6) is 0.568. The van der Waals surface area contributed by atoms with Crippen LogP contribution in [0.4, 0.5) is 0 Å². The summed E-state index contributed by atoms with van der Waals surface area (Å²) in [6, 6.07) is 0.0790. The first kappa shape index (κ1) is 10.5. The fraction of sp³-hybridized carbons (Fsp3) is 0.900. The number of carbonyl (C=O) groups is 1. The van der Waals surface area contributed by atoms with Crippen molar-refractivity contribution >= 4 is 5.91 Å². The van der Waals surface area contributed by atoms with Gasteiger partial charge in [-0.1, -0.05) is 12.8 Å². The topological polar surface area (TPSA) is 46.3 Å². The van der Waals surface area contributed by atoms with Crippen LogP contribution in [0.5, 0.6) is 0 Å². The maximum absolute atomic E-state index is 11.8. The number of likely N-dealkylation sites (N-methyl/N-ethyl adjacent to an activating group) is 1. The molecule has 0 aromatic heterocycles. The molecule has 0 aliphatic heterocycles. The standard InChI is InChI=1S/C10H20N2O/c1-8(11)7-12(2)10(13)9-5-3-4-6-9/h8-9H,3-7,11H2,1-2H3. The third-order valence-electron chi connectivity index (χ3n) is 2.64. The van der Waals surface area contributed by atoms with Crippen molar-refractivity contribution in [2.24, 2.45) is 11.7 Å². The predicted molar refractivity (Wildman–Crippen MR) is 53.2 cm³/mol. The minimum Gasteiger partial charge on any atom is -0.344 e. The third-order valence-corrected chi connectivity index (χ3v) is 2.64. The first-order valence-electron chi connectivity index (χ1n) is 5.12. The number of nitrogens with zero attached hydrogens (tertiary/aromatic N) is 1. The highest BCUT2D eigenvalue weighted by atomic mass is 16.2. The summed E-state index contributed by atoms with van der Waals surface area (Å²) in [7, 11) is 1.85. The van der Waals surface area contributed by atoms with E-state index in [1.807, 2.05) is 14.0 Å². The Labute approximate surface area is 80.3 Å². The SMILES string of the molecule is CC(N)CN(C)C(=O)C1CCCC1. The molecule has 3 nitrogen and oxygen atoms in total. The van der Waals surface area contributed by atoms with Crippen molar-refractivity contribution < 1.29 is 4.79 Å². The molecule has 3 heteroatoms. The van der Waals surface area contributed by atoms with E-state index >= 15 is 0 Å². The fourth-order valence-corrected chi connectivity index (χ4v) is 2.01. The molecule has 0 saturated heterocycles. The summed E-state index contributed by atoms with van der Waals surface area (Å²) >= 11 is 0. The number of hydrogen-bond acceptors (Lipinski definition) is 2. The van der Waals surface area contributed by atoms with E-state index in [4.69, 9.17) is 5.73 Å². The van der Waals surface area contributed by atoms with Gasteiger partial charge in [-0.2, -0.15) is 0 Å². The number of hydrogen-bond donors (Lipinski definition) is 1. The molecule has 0 aromatic carbocycles. The molecule has 0 aromatic rings. The second-order valence-corrected chi connectivity index (χ2v) is 4.18. The molecule has 1 aliphatic rings. The van der Waals surface area contributed by atoms with Crippen LogP contribution in [0, 0.1) is 5.92 Å². The number of amides is 1. The van der Waals surface area contributed by atoms with Crippen LogP contribution in [0.1, 0.15) is 32.6 Å². The van der Waals surface area contributed by atoms with Crippen LogP contribution in [0.15, 0.2) is 0 Å². The summed E-state index contributed by atoms with van der Waals surface area (Å²) in [5, 5.41) is 0. The van der Waals surface area contributed by atoms with Gasteiger partial charge in [-0.25, -0.2) is 0 Å². The van der Waals surface area contributed by atoms with E-state index in [1.54, 1.807) is 4.90 Å². The van der Waals surface area contributed by atoms with Crippen LogP contribution in [-0.4, -0.2) is 30.4 Å². The second-order valence-electron chi connectivity index (χ2n) is 4.18. The molecule has 0 heterocycles. The summed E-state index contributed by atoms with van der Waals surface area (Å²) in [6.07, 6.45) is 4.56. The molecule has 2 N–H and O–H groups in total. The van der Waals surface area contributed by atoms with E-state index < -0.39 is 0 Å². The maximum Gasteiger partial charge on any atom is 0.225 e. The Kier molecular flexibility index (Phi) is 3.72. The molecule has 0 radical (unpaired) electrons. The van der Waals surface area contributed by atoms with E-state index in [1.165, 1.54) is 12.8 Å². The largest absolute Gasteiger partial charge is 0.344 e. The van der Waals surface area contributed by atoms with Gasteiger partial charge in [0.25, 0.3) is 0 Å². The van der Waals surface area contributed by atoms with Crippen molar-refractivity contribution in [1.29, 1.82) is 0 Å². The molecular formula is C10H20N2O. The molecule has 1 fully saturated rings. The minimum atomic E-state index is 0.0790. The Morgan fingerprint density at radius 3 is 2.54 bits per heavy atom. The number of rotatable bonds is 3. The first-order valence-corrected chi connectivity index (χ1v) is 5.12. The van der Waals surface area contributed by atoms with Crippen molar-refractivity contribution in [3.63, 3.8) is 0 Å². The Hall–Kier alpha value is -0.570. The first-order chi connectivity index (χ1) is 6.11. The van der Waals surface area contributed by atoms with Gasteiger partial charge in [0, 0.05) is 25.6 Å². The van der Waals surface area contributed by atoms with Crippen LogP contribution in [0.25, 0.3) is 0 Å². The van der Waals surface area contributed by atoms with Crippen LogP contribution in [-0.2, 0) is 4.79 Å². The quantitative estimate of drug-likeness (QED) is 0.710. The Morgan fingerprint density at radius 1 is 1.54 bits per heavy atom.